The maximum atomic E-state index is 5.99. The fourth-order valence-corrected chi connectivity index (χ4v) is 2.55. The highest BCUT2D eigenvalue weighted by Crippen LogP contribution is 2.35. The van der Waals surface area contributed by atoms with Crippen molar-refractivity contribution in [3.05, 3.63) is 63.6 Å². The van der Waals surface area contributed by atoms with Gasteiger partial charge in [-0.15, -0.1) is 0 Å². The van der Waals surface area contributed by atoms with Crippen molar-refractivity contribution in [1.29, 1.82) is 0 Å². The van der Waals surface area contributed by atoms with E-state index in [1.807, 2.05) is 30.3 Å². The molecular weight excluding hydrogens is 253 g/mol. The van der Waals surface area contributed by atoms with E-state index < -0.39 is 0 Å². The fourth-order valence-electron chi connectivity index (χ4n) is 2.23. The lowest BCUT2D eigenvalue weighted by Gasteiger charge is -2.11. The summed E-state index contributed by atoms with van der Waals surface area (Å²) in [7, 11) is 0. The van der Waals surface area contributed by atoms with Crippen LogP contribution in [0.2, 0.25) is 10.0 Å². The van der Waals surface area contributed by atoms with Crippen molar-refractivity contribution in [2.75, 3.05) is 5.32 Å². The van der Waals surface area contributed by atoms with Crippen LogP contribution in [0.4, 0.5) is 5.69 Å². The van der Waals surface area contributed by atoms with Crippen molar-refractivity contribution in [3.8, 4) is 0 Å². The Labute approximate surface area is 110 Å². The molecule has 3 heteroatoms. The number of nitrogens with one attached hydrogen (secondary N) is 1. The second kappa shape index (κ2) is 4.25. The first-order valence-electron chi connectivity index (χ1n) is 5.53. The highest BCUT2D eigenvalue weighted by molar-refractivity contribution is 6.31. The standard InChI is InChI=1S/C14H11Cl2N/c15-11-3-1-9(2-4-11)14-8-10-7-12(16)5-6-13(10)17-14/h1-7,14,17H,8H2. The van der Waals surface area contributed by atoms with E-state index in [0.29, 0.717) is 6.04 Å². The molecule has 1 aliphatic rings. The second-order valence-electron chi connectivity index (χ2n) is 4.25. The Morgan fingerprint density at radius 3 is 2.41 bits per heavy atom. The molecule has 0 spiro atoms. The summed E-state index contributed by atoms with van der Waals surface area (Å²) in [6.45, 7) is 0. The first-order valence-corrected chi connectivity index (χ1v) is 6.28. The van der Waals surface area contributed by atoms with Gasteiger partial charge in [0.05, 0.1) is 6.04 Å². The molecule has 1 heterocycles. The highest BCUT2D eigenvalue weighted by Gasteiger charge is 2.21. The molecule has 1 N–H and O–H groups in total. The van der Waals surface area contributed by atoms with Gasteiger partial charge in [-0.2, -0.15) is 0 Å². The Hall–Kier alpha value is -1.18. The molecule has 0 radical (unpaired) electrons. The molecule has 0 amide bonds. The number of hydrogen-bond acceptors (Lipinski definition) is 1. The zero-order chi connectivity index (χ0) is 11.8. The van der Waals surface area contributed by atoms with E-state index >= 15 is 0 Å². The summed E-state index contributed by atoms with van der Waals surface area (Å²) in [5.74, 6) is 0. The van der Waals surface area contributed by atoms with Crippen molar-refractivity contribution < 1.29 is 0 Å². The minimum Gasteiger partial charge on any atom is -0.378 e. The van der Waals surface area contributed by atoms with Crippen LogP contribution in [-0.2, 0) is 6.42 Å². The molecule has 2 aromatic carbocycles. The number of benzene rings is 2. The Bertz CT molecular complexity index is 549. The van der Waals surface area contributed by atoms with Crippen LogP contribution < -0.4 is 5.32 Å². The van der Waals surface area contributed by atoms with E-state index in [1.165, 1.54) is 16.8 Å². The topological polar surface area (TPSA) is 12.0 Å². The SMILES string of the molecule is Clc1ccc(C2Cc3cc(Cl)ccc3N2)cc1. The minimum atomic E-state index is 0.320. The monoisotopic (exact) mass is 263 g/mol. The fraction of sp³-hybridized carbons (Fsp3) is 0.143. The average Bonchev–Trinajstić information content (AvgIpc) is 2.72. The Morgan fingerprint density at radius 2 is 1.65 bits per heavy atom. The van der Waals surface area contributed by atoms with Gasteiger partial charge in [0.25, 0.3) is 0 Å². The molecule has 0 aliphatic carbocycles. The van der Waals surface area contributed by atoms with Gasteiger partial charge < -0.3 is 5.32 Å². The second-order valence-corrected chi connectivity index (χ2v) is 5.13. The first kappa shape index (κ1) is 10.9. The van der Waals surface area contributed by atoms with Gasteiger partial charge in [0, 0.05) is 15.7 Å². The lowest BCUT2D eigenvalue weighted by Crippen LogP contribution is -2.04. The van der Waals surface area contributed by atoms with Crippen molar-refractivity contribution >= 4 is 28.9 Å². The van der Waals surface area contributed by atoms with Crippen LogP contribution in [0.3, 0.4) is 0 Å². The van der Waals surface area contributed by atoms with Crippen molar-refractivity contribution in [1.82, 2.24) is 0 Å². The summed E-state index contributed by atoms with van der Waals surface area (Å²) >= 11 is 11.9. The highest BCUT2D eigenvalue weighted by atomic mass is 35.5. The lowest BCUT2D eigenvalue weighted by molar-refractivity contribution is 0.824. The molecule has 2 aromatic rings. The predicted molar refractivity (Wildman–Crippen MR) is 73.0 cm³/mol. The number of anilines is 1. The smallest absolute Gasteiger partial charge is 0.0555 e. The summed E-state index contributed by atoms with van der Waals surface area (Å²) in [6, 6.07) is 14.3. The first-order chi connectivity index (χ1) is 8.22. The normalized spacial score (nSPS) is 17.6. The van der Waals surface area contributed by atoms with Gasteiger partial charge in [0.1, 0.15) is 0 Å². The molecule has 0 saturated heterocycles. The molecule has 1 aliphatic heterocycles. The van der Waals surface area contributed by atoms with Gasteiger partial charge in [-0.1, -0.05) is 35.3 Å². The predicted octanol–water partition coefficient (Wildman–Crippen LogP) is 4.70. The van der Waals surface area contributed by atoms with Crippen LogP contribution >= 0.6 is 23.2 Å². The average molecular weight is 264 g/mol. The summed E-state index contributed by atoms with van der Waals surface area (Å²) in [5, 5.41) is 5.06. The van der Waals surface area contributed by atoms with E-state index in [2.05, 4.69) is 17.4 Å². The van der Waals surface area contributed by atoms with Gasteiger partial charge in [0.15, 0.2) is 0 Å². The number of halogens is 2. The molecule has 1 atom stereocenters. The Morgan fingerprint density at radius 1 is 0.941 bits per heavy atom. The summed E-state index contributed by atoms with van der Waals surface area (Å²) in [4.78, 5) is 0. The van der Waals surface area contributed by atoms with E-state index in [9.17, 15) is 0 Å². The quantitative estimate of drug-likeness (QED) is 0.787. The van der Waals surface area contributed by atoms with Crippen LogP contribution in [0, 0.1) is 0 Å². The summed E-state index contributed by atoms with van der Waals surface area (Å²) in [6.07, 6.45) is 0.970. The molecule has 1 nitrogen and oxygen atoms in total. The summed E-state index contributed by atoms with van der Waals surface area (Å²) in [5.41, 5.74) is 3.70. The Kier molecular flexibility index (Phi) is 2.73. The largest absolute Gasteiger partial charge is 0.378 e. The van der Waals surface area contributed by atoms with Crippen LogP contribution in [-0.4, -0.2) is 0 Å². The number of hydrogen-bond donors (Lipinski definition) is 1. The molecule has 0 aromatic heterocycles. The molecule has 86 valence electrons. The lowest BCUT2D eigenvalue weighted by atomic mass is 10.0. The molecular formula is C14H11Cl2N. The van der Waals surface area contributed by atoms with Crippen LogP contribution in [0.5, 0.6) is 0 Å². The molecule has 17 heavy (non-hydrogen) atoms. The molecule has 0 bridgehead atoms. The van der Waals surface area contributed by atoms with E-state index in [4.69, 9.17) is 23.2 Å². The Balaban J connectivity index is 1.88. The van der Waals surface area contributed by atoms with E-state index in [-0.39, 0.29) is 0 Å². The van der Waals surface area contributed by atoms with E-state index in [0.717, 1.165) is 16.5 Å². The number of rotatable bonds is 1. The van der Waals surface area contributed by atoms with Crippen molar-refractivity contribution in [2.45, 2.75) is 12.5 Å². The van der Waals surface area contributed by atoms with Gasteiger partial charge in [0.2, 0.25) is 0 Å². The minimum absolute atomic E-state index is 0.320. The zero-order valence-corrected chi connectivity index (χ0v) is 10.6. The van der Waals surface area contributed by atoms with Crippen molar-refractivity contribution in [3.63, 3.8) is 0 Å². The summed E-state index contributed by atoms with van der Waals surface area (Å²) < 4.78 is 0. The zero-order valence-electron chi connectivity index (χ0n) is 9.08. The van der Waals surface area contributed by atoms with Gasteiger partial charge >= 0.3 is 0 Å². The molecule has 0 saturated carbocycles. The maximum Gasteiger partial charge on any atom is 0.0555 e. The molecule has 0 fully saturated rings. The third-order valence-electron chi connectivity index (χ3n) is 3.09. The van der Waals surface area contributed by atoms with Crippen LogP contribution in [0.15, 0.2) is 42.5 Å². The van der Waals surface area contributed by atoms with E-state index in [1.54, 1.807) is 0 Å². The van der Waals surface area contributed by atoms with Crippen LogP contribution in [0.25, 0.3) is 0 Å². The third-order valence-corrected chi connectivity index (χ3v) is 3.58. The third kappa shape index (κ3) is 2.13. The molecule has 1 unspecified atom stereocenters. The molecule has 3 rings (SSSR count). The van der Waals surface area contributed by atoms with Gasteiger partial charge in [-0.05, 0) is 47.9 Å². The number of fused-ring (bicyclic) bond motifs is 1. The maximum absolute atomic E-state index is 5.99. The van der Waals surface area contributed by atoms with Gasteiger partial charge in [-0.3, -0.25) is 0 Å². The van der Waals surface area contributed by atoms with Crippen LogP contribution in [0.1, 0.15) is 17.2 Å². The van der Waals surface area contributed by atoms with Gasteiger partial charge in [-0.25, -0.2) is 0 Å². The van der Waals surface area contributed by atoms with Crippen molar-refractivity contribution in [2.24, 2.45) is 0 Å².